The van der Waals surface area contributed by atoms with Crippen molar-refractivity contribution in [2.24, 2.45) is 5.73 Å². The van der Waals surface area contributed by atoms with Gasteiger partial charge in [-0.05, 0) is 53.3 Å². The van der Waals surface area contributed by atoms with E-state index in [1.807, 2.05) is 66.7 Å². The van der Waals surface area contributed by atoms with Crippen molar-refractivity contribution in [3.63, 3.8) is 0 Å². The van der Waals surface area contributed by atoms with Crippen LogP contribution in [-0.4, -0.2) is 12.8 Å². The van der Waals surface area contributed by atoms with E-state index in [1.165, 1.54) is 16.3 Å². The van der Waals surface area contributed by atoms with E-state index in [-0.39, 0.29) is 0 Å². The van der Waals surface area contributed by atoms with E-state index in [4.69, 9.17) is 11.1 Å². The molecular weight excluding hydrogens is 398 g/mol. The van der Waals surface area contributed by atoms with Gasteiger partial charge in [-0.2, -0.15) is 0 Å². The van der Waals surface area contributed by atoms with E-state index < -0.39 is 0 Å². The maximum atomic E-state index is 7.95. The molecular formula is C27H27N3S. The zero-order chi connectivity index (χ0) is 22.1. The van der Waals surface area contributed by atoms with E-state index in [1.54, 1.807) is 17.4 Å². The van der Waals surface area contributed by atoms with Crippen LogP contribution >= 0.6 is 11.3 Å². The third-order valence-electron chi connectivity index (χ3n) is 4.77. The van der Waals surface area contributed by atoms with Crippen molar-refractivity contribution in [2.75, 3.05) is 11.9 Å². The number of anilines is 2. The maximum Gasteiger partial charge on any atom is 0.0980 e. The third kappa shape index (κ3) is 6.17. The highest BCUT2D eigenvalue weighted by atomic mass is 32.1. The first-order chi connectivity index (χ1) is 15.1. The van der Waals surface area contributed by atoms with Crippen LogP contribution in [0.5, 0.6) is 0 Å². The van der Waals surface area contributed by atoms with Crippen molar-refractivity contribution >= 4 is 33.4 Å². The molecule has 0 spiro atoms. The van der Waals surface area contributed by atoms with Gasteiger partial charge in [-0.3, -0.25) is 0 Å². The number of nitrogens with two attached hydrogens (primary N) is 1. The molecule has 0 amide bonds. The topological polar surface area (TPSA) is 53.1 Å². The molecule has 4 aromatic rings. The summed E-state index contributed by atoms with van der Waals surface area (Å²) in [5.41, 5.74) is 11.4. The van der Waals surface area contributed by atoms with Crippen LogP contribution in [0.3, 0.4) is 0 Å². The Kier molecular flexibility index (Phi) is 7.79. The molecule has 0 unspecified atom stereocenters. The first-order valence-corrected chi connectivity index (χ1v) is 10.9. The summed E-state index contributed by atoms with van der Waals surface area (Å²) in [4.78, 5) is 2.22. The fourth-order valence-corrected chi connectivity index (χ4v) is 3.97. The van der Waals surface area contributed by atoms with Gasteiger partial charge in [-0.25, -0.2) is 0 Å². The predicted octanol–water partition coefficient (Wildman–Crippen LogP) is 6.88. The Hall–Kier alpha value is -3.63. The van der Waals surface area contributed by atoms with Gasteiger partial charge in [0, 0.05) is 18.4 Å². The Morgan fingerprint density at radius 3 is 1.84 bits per heavy atom. The zero-order valence-electron chi connectivity index (χ0n) is 17.8. The smallest absolute Gasteiger partial charge is 0.0980 e. The molecule has 1 heterocycles. The van der Waals surface area contributed by atoms with Crippen molar-refractivity contribution in [1.29, 1.82) is 5.41 Å². The Balaban J connectivity index is 0.000000179. The van der Waals surface area contributed by atoms with Gasteiger partial charge in [0.25, 0.3) is 0 Å². The average molecular weight is 426 g/mol. The number of para-hydroxylation sites is 1. The number of benzene rings is 3. The molecule has 3 N–H and O–H groups in total. The Morgan fingerprint density at radius 1 is 0.806 bits per heavy atom. The molecule has 0 bridgehead atoms. The highest BCUT2D eigenvalue weighted by Crippen LogP contribution is 2.31. The maximum absolute atomic E-state index is 7.95. The third-order valence-corrected chi connectivity index (χ3v) is 5.87. The minimum absolute atomic E-state index is 0.423. The minimum atomic E-state index is 0.423. The first-order valence-electron chi connectivity index (χ1n) is 10.1. The van der Waals surface area contributed by atoms with Crippen molar-refractivity contribution in [3.8, 4) is 0 Å². The second-order valence-electron chi connectivity index (χ2n) is 7.05. The Bertz CT molecular complexity index is 1120. The first kappa shape index (κ1) is 22.1. The summed E-state index contributed by atoms with van der Waals surface area (Å²) in [5, 5.41) is 11.4. The zero-order valence-corrected chi connectivity index (χ0v) is 18.6. The molecule has 3 aromatic carbocycles. The fraction of sp³-hybridized carbons (Fsp3) is 0.0741. The standard InChI is InChI=1S/C15H14N2.C12H13NS/c16-14(12-7-3-1-4-8-12)11-15(17)13-9-5-2-6-10-13;1-10-8-9-14-12(10)13(2)11-6-4-3-5-7-11/h1-11,16H,17H2;3-9H,1-2H3/b15-11-,16-14?;. The fourth-order valence-electron chi connectivity index (χ4n) is 3.05. The quantitative estimate of drug-likeness (QED) is 0.342. The molecule has 1 aromatic heterocycles. The molecule has 0 saturated carbocycles. The van der Waals surface area contributed by atoms with Crippen LogP contribution in [0.25, 0.3) is 5.70 Å². The van der Waals surface area contributed by atoms with Gasteiger partial charge in [0.1, 0.15) is 0 Å². The van der Waals surface area contributed by atoms with Gasteiger partial charge in [0.15, 0.2) is 0 Å². The molecule has 31 heavy (non-hydrogen) atoms. The van der Waals surface area contributed by atoms with Gasteiger partial charge >= 0.3 is 0 Å². The Labute approximate surface area is 188 Å². The Morgan fingerprint density at radius 2 is 1.32 bits per heavy atom. The van der Waals surface area contributed by atoms with Gasteiger partial charge in [-0.1, -0.05) is 78.9 Å². The van der Waals surface area contributed by atoms with Crippen molar-refractivity contribution in [1.82, 2.24) is 0 Å². The molecule has 0 fully saturated rings. The van der Waals surface area contributed by atoms with E-state index in [0.717, 1.165) is 11.1 Å². The van der Waals surface area contributed by atoms with Crippen molar-refractivity contribution in [3.05, 3.63) is 125 Å². The lowest BCUT2D eigenvalue weighted by molar-refractivity contribution is 1.22. The largest absolute Gasteiger partial charge is 0.398 e. The molecule has 4 heteroatoms. The number of allylic oxidation sites excluding steroid dienone is 1. The molecule has 0 aliphatic heterocycles. The summed E-state index contributed by atoms with van der Waals surface area (Å²) < 4.78 is 0. The molecule has 4 rings (SSSR count). The van der Waals surface area contributed by atoms with Gasteiger partial charge in [-0.15, -0.1) is 11.3 Å². The van der Waals surface area contributed by atoms with E-state index in [2.05, 4.69) is 54.6 Å². The number of aryl methyl sites for hydroxylation is 1. The van der Waals surface area contributed by atoms with Crippen LogP contribution in [0.4, 0.5) is 10.7 Å². The molecule has 0 atom stereocenters. The lowest BCUT2D eigenvalue weighted by atomic mass is 10.1. The second-order valence-corrected chi connectivity index (χ2v) is 7.94. The predicted molar refractivity (Wildman–Crippen MR) is 135 cm³/mol. The second kappa shape index (κ2) is 11.0. The van der Waals surface area contributed by atoms with Crippen LogP contribution in [0, 0.1) is 12.3 Å². The van der Waals surface area contributed by atoms with Crippen LogP contribution in [-0.2, 0) is 0 Å². The SMILES string of the molecule is Cc1ccsc1N(C)c1ccccc1.N=C(/C=C(\N)c1ccccc1)c1ccccc1. The summed E-state index contributed by atoms with van der Waals surface area (Å²) >= 11 is 1.78. The lowest BCUT2D eigenvalue weighted by Crippen LogP contribution is -2.08. The highest BCUT2D eigenvalue weighted by Gasteiger charge is 2.06. The van der Waals surface area contributed by atoms with Gasteiger partial charge < -0.3 is 16.0 Å². The van der Waals surface area contributed by atoms with E-state index in [9.17, 15) is 0 Å². The van der Waals surface area contributed by atoms with E-state index >= 15 is 0 Å². The molecule has 0 saturated heterocycles. The number of nitrogens with one attached hydrogen (secondary N) is 1. The number of hydrogen-bond donors (Lipinski definition) is 2. The molecule has 0 aliphatic rings. The summed E-state index contributed by atoms with van der Waals surface area (Å²) in [6.07, 6.45) is 1.69. The number of rotatable bonds is 5. The monoisotopic (exact) mass is 425 g/mol. The van der Waals surface area contributed by atoms with Crippen molar-refractivity contribution in [2.45, 2.75) is 6.92 Å². The number of thiophene rings is 1. The minimum Gasteiger partial charge on any atom is -0.398 e. The summed E-state index contributed by atoms with van der Waals surface area (Å²) in [7, 11) is 2.11. The van der Waals surface area contributed by atoms with Crippen LogP contribution in [0.2, 0.25) is 0 Å². The van der Waals surface area contributed by atoms with Crippen LogP contribution in [0.15, 0.2) is 109 Å². The lowest BCUT2D eigenvalue weighted by Gasteiger charge is -2.18. The molecule has 3 nitrogen and oxygen atoms in total. The normalized spacial score (nSPS) is 10.7. The summed E-state index contributed by atoms with van der Waals surface area (Å²) in [6.45, 7) is 2.14. The van der Waals surface area contributed by atoms with Crippen LogP contribution < -0.4 is 10.6 Å². The highest BCUT2D eigenvalue weighted by molar-refractivity contribution is 7.14. The summed E-state index contributed by atoms with van der Waals surface area (Å²) in [6, 6.07) is 31.8. The van der Waals surface area contributed by atoms with Crippen molar-refractivity contribution < 1.29 is 0 Å². The average Bonchev–Trinajstić information content (AvgIpc) is 3.26. The molecule has 0 radical (unpaired) electrons. The van der Waals surface area contributed by atoms with E-state index in [0.29, 0.717) is 11.4 Å². The molecule has 156 valence electrons. The number of hydrogen-bond acceptors (Lipinski definition) is 4. The summed E-state index contributed by atoms with van der Waals surface area (Å²) in [5.74, 6) is 0. The van der Waals surface area contributed by atoms with Gasteiger partial charge in [0.2, 0.25) is 0 Å². The van der Waals surface area contributed by atoms with Crippen LogP contribution in [0.1, 0.15) is 16.7 Å². The van der Waals surface area contributed by atoms with Gasteiger partial charge in [0.05, 0.1) is 10.7 Å². The number of nitrogens with zero attached hydrogens (tertiary/aromatic N) is 1. The molecule has 0 aliphatic carbocycles.